The number of rotatable bonds is 6. The molecule has 2 aromatic rings. The standard InChI is InChI=1S/C16H16ClN3O3/c1-18-14-8-12(7-13(17)20-14)16(22)19-9-15(21)23-10-11-5-3-2-4-6-11/h2-8H,9-10H2,1H3,(H,18,20)(H,19,22). The molecule has 1 amide bonds. The molecule has 1 aromatic heterocycles. The second kappa shape index (κ2) is 8.14. The fourth-order valence-electron chi connectivity index (χ4n) is 1.80. The Bertz CT molecular complexity index is 692. The number of carbonyl (C=O) groups is 2. The minimum Gasteiger partial charge on any atom is -0.460 e. The summed E-state index contributed by atoms with van der Waals surface area (Å²) in [5.74, 6) is -0.479. The summed E-state index contributed by atoms with van der Waals surface area (Å²) in [6.45, 7) is -0.0545. The first kappa shape index (κ1) is 16.8. The van der Waals surface area contributed by atoms with Crippen molar-refractivity contribution < 1.29 is 14.3 Å². The summed E-state index contributed by atoms with van der Waals surface area (Å²) in [7, 11) is 1.67. The van der Waals surface area contributed by atoms with Gasteiger partial charge in [0, 0.05) is 12.6 Å². The van der Waals surface area contributed by atoms with Crippen molar-refractivity contribution in [2.75, 3.05) is 18.9 Å². The fraction of sp³-hybridized carbons (Fsp3) is 0.188. The maximum absolute atomic E-state index is 12.0. The third-order valence-corrected chi connectivity index (χ3v) is 3.14. The van der Waals surface area contributed by atoms with E-state index in [1.54, 1.807) is 7.05 Å². The average Bonchev–Trinajstić information content (AvgIpc) is 2.58. The van der Waals surface area contributed by atoms with Crippen LogP contribution in [0.2, 0.25) is 5.15 Å². The zero-order valence-corrected chi connectivity index (χ0v) is 13.3. The van der Waals surface area contributed by atoms with Crippen molar-refractivity contribution in [2.24, 2.45) is 0 Å². The van der Waals surface area contributed by atoms with Crippen LogP contribution in [0.4, 0.5) is 5.82 Å². The predicted octanol–water partition coefficient (Wildman–Crippen LogP) is 2.25. The number of pyridine rings is 1. The monoisotopic (exact) mass is 333 g/mol. The van der Waals surface area contributed by atoms with Crippen molar-refractivity contribution in [1.82, 2.24) is 10.3 Å². The topological polar surface area (TPSA) is 80.3 Å². The van der Waals surface area contributed by atoms with Gasteiger partial charge in [-0.25, -0.2) is 4.98 Å². The lowest BCUT2D eigenvalue weighted by Crippen LogP contribution is -2.30. The molecule has 23 heavy (non-hydrogen) atoms. The number of hydrogen-bond acceptors (Lipinski definition) is 5. The van der Waals surface area contributed by atoms with E-state index in [-0.39, 0.29) is 18.3 Å². The lowest BCUT2D eigenvalue weighted by molar-refractivity contribution is -0.143. The second-order valence-electron chi connectivity index (χ2n) is 4.64. The number of ether oxygens (including phenoxy) is 1. The van der Waals surface area contributed by atoms with E-state index < -0.39 is 11.9 Å². The van der Waals surface area contributed by atoms with Gasteiger partial charge in [-0.1, -0.05) is 41.9 Å². The average molecular weight is 334 g/mol. The van der Waals surface area contributed by atoms with E-state index in [4.69, 9.17) is 16.3 Å². The van der Waals surface area contributed by atoms with Gasteiger partial charge in [0.2, 0.25) is 0 Å². The van der Waals surface area contributed by atoms with Crippen LogP contribution in [0.15, 0.2) is 42.5 Å². The van der Waals surface area contributed by atoms with Gasteiger partial charge >= 0.3 is 5.97 Å². The molecule has 6 nitrogen and oxygen atoms in total. The number of nitrogens with one attached hydrogen (secondary N) is 2. The summed E-state index contributed by atoms with van der Waals surface area (Å²) >= 11 is 5.83. The van der Waals surface area contributed by atoms with E-state index in [2.05, 4.69) is 15.6 Å². The molecule has 0 bridgehead atoms. The molecule has 1 heterocycles. The van der Waals surface area contributed by atoms with E-state index in [0.717, 1.165) is 5.56 Å². The van der Waals surface area contributed by atoms with E-state index >= 15 is 0 Å². The van der Waals surface area contributed by atoms with Crippen LogP contribution in [0, 0.1) is 0 Å². The maximum Gasteiger partial charge on any atom is 0.325 e. The van der Waals surface area contributed by atoms with Crippen molar-refractivity contribution in [3.8, 4) is 0 Å². The van der Waals surface area contributed by atoms with Gasteiger partial charge in [-0.15, -0.1) is 0 Å². The SMILES string of the molecule is CNc1cc(C(=O)NCC(=O)OCc2ccccc2)cc(Cl)n1. The van der Waals surface area contributed by atoms with Crippen LogP contribution in [-0.4, -0.2) is 30.5 Å². The minimum atomic E-state index is -0.517. The molecule has 0 atom stereocenters. The van der Waals surface area contributed by atoms with Crippen molar-refractivity contribution in [1.29, 1.82) is 0 Å². The lowest BCUT2D eigenvalue weighted by Gasteiger charge is -2.08. The first-order valence-electron chi connectivity index (χ1n) is 6.91. The van der Waals surface area contributed by atoms with E-state index in [1.165, 1.54) is 12.1 Å². The van der Waals surface area contributed by atoms with Gasteiger partial charge in [0.15, 0.2) is 0 Å². The Morgan fingerprint density at radius 2 is 1.96 bits per heavy atom. The molecule has 2 N–H and O–H groups in total. The molecule has 7 heteroatoms. The molecular weight excluding hydrogens is 318 g/mol. The molecule has 0 spiro atoms. The highest BCUT2D eigenvalue weighted by molar-refractivity contribution is 6.29. The Morgan fingerprint density at radius 1 is 1.22 bits per heavy atom. The number of amides is 1. The first-order valence-corrected chi connectivity index (χ1v) is 7.29. The van der Waals surface area contributed by atoms with Crippen LogP contribution in [0.1, 0.15) is 15.9 Å². The van der Waals surface area contributed by atoms with Crippen molar-refractivity contribution in [3.63, 3.8) is 0 Å². The van der Waals surface area contributed by atoms with Gasteiger partial charge in [0.05, 0.1) is 0 Å². The maximum atomic E-state index is 12.0. The Balaban J connectivity index is 1.84. The van der Waals surface area contributed by atoms with Crippen molar-refractivity contribution in [2.45, 2.75) is 6.61 Å². The van der Waals surface area contributed by atoms with Gasteiger partial charge in [0.1, 0.15) is 24.1 Å². The zero-order valence-electron chi connectivity index (χ0n) is 12.5. The molecule has 0 aliphatic carbocycles. The quantitative estimate of drug-likeness (QED) is 0.626. The Kier molecular flexibility index (Phi) is 5.94. The van der Waals surface area contributed by atoms with Gasteiger partial charge < -0.3 is 15.4 Å². The summed E-state index contributed by atoms with van der Waals surface area (Å²) in [6.07, 6.45) is 0. The number of aromatic nitrogens is 1. The van der Waals surface area contributed by atoms with Gasteiger partial charge in [0.25, 0.3) is 5.91 Å². The van der Waals surface area contributed by atoms with Crippen LogP contribution in [0.5, 0.6) is 0 Å². The van der Waals surface area contributed by atoms with Crippen LogP contribution >= 0.6 is 11.6 Å². The summed E-state index contributed by atoms with van der Waals surface area (Å²) in [5, 5.41) is 5.47. The van der Waals surface area contributed by atoms with E-state index in [1.807, 2.05) is 30.3 Å². The first-order chi connectivity index (χ1) is 11.1. The second-order valence-corrected chi connectivity index (χ2v) is 5.03. The molecule has 120 valence electrons. The zero-order chi connectivity index (χ0) is 16.7. The fourth-order valence-corrected chi connectivity index (χ4v) is 2.01. The van der Waals surface area contributed by atoms with Crippen LogP contribution < -0.4 is 10.6 Å². The summed E-state index contributed by atoms with van der Waals surface area (Å²) in [5.41, 5.74) is 1.19. The van der Waals surface area contributed by atoms with Crippen LogP contribution in [-0.2, 0) is 16.1 Å². The minimum absolute atomic E-state index is 0.167. The van der Waals surface area contributed by atoms with Gasteiger partial charge in [-0.2, -0.15) is 0 Å². The third-order valence-electron chi connectivity index (χ3n) is 2.95. The molecule has 0 aliphatic rings. The molecule has 0 aliphatic heterocycles. The van der Waals surface area contributed by atoms with Gasteiger partial charge in [-0.3, -0.25) is 9.59 Å². The van der Waals surface area contributed by atoms with Crippen molar-refractivity contribution in [3.05, 3.63) is 58.7 Å². The molecule has 0 saturated heterocycles. The highest BCUT2D eigenvalue weighted by atomic mass is 35.5. The number of esters is 1. The summed E-state index contributed by atoms with van der Waals surface area (Å²) in [6, 6.07) is 12.3. The molecule has 0 saturated carbocycles. The lowest BCUT2D eigenvalue weighted by atomic mass is 10.2. The van der Waals surface area contributed by atoms with Crippen LogP contribution in [0.25, 0.3) is 0 Å². The largest absolute Gasteiger partial charge is 0.460 e. The number of anilines is 1. The normalized spacial score (nSPS) is 10.0. The highest BCUT2D eigenvalue weighted by Crippen LogP contribution is 2.13. The van der Waals surface area contributed by atoms with Crippen molar-refractivity contribution >= 4 is 29.3 Å². The smallest absolute Gasteiger partial charge is 0.325 e. The Morgan fingerprint density at radius 3 is 2.65 bits per heavy atom. The number of benzene rings is 1. The summed E-state index contributed by atoms with van der Waals surface area (Å²) in [4.78, 5) is 27.6. The molecule has 0 unspecified atom stereocenters. The predicted molar refractivity (Wildman–Crippen MR) is 87.4 cm³/mol. The van der Waals surface area contributed by atoms with Crippen LogP contribution in [0.3, 0.4) is 0 Å². The number of carbonyl (C=O) groups excluding carboxylic acids is 2. The van der Waals surface area contributed by atoms with E-state index in [9.17, 15) is 9.59 Å². The number of halogens is 1. The Hall–Kier alpha value is -2.60. The molecule has 1 aromatic carbocycles. The number of nitrogens with zero attached hydrogens (tertiary/aromatic N) is 1. The molecular formula is C16H16ClN3O3. The molecule has 0 fully saturated rings. The summed E-state index contributed by atoms with van der Waals surface area (Å²) < 4.78 is 5.08. The highest BCUT2D eigenvalue weighted by Gasteiger charge is 2.11. The van der Waals surface area contributed by atoms with Gasteiger partial charge in [-0.05, 0) is 17.7 Å². The Labute approximate surface area is 138 Å². The molecule has 0 radical (unpaired) electrons. The third kappa shape index (κ3) is 5.27. The number of hydrogen-bond donors (Lipinski definition) is 2. The van der Waals surface area contributed by atoms with E-state index in [0.29, 0.717) is 11.4 Å². The molecule has 2 rings (SSSR count).